The molecule has 4 bridgehead atoms. The lowest BCUT2D eigenvalue weighted by Crippen LogP contribution is -2.19. The van der Waals surface area contributed by atoms with Crippen LogP contribution in [0.2, 0.25) is 0 Å². The van der Waals surface area contributed by atoms with Crippen molar-refractivity contribution in [3.8, 4) is 0 Å². The lowest BCUT2D eigenvalue weighted by atomic mass is 9.89. The van der Waals surface area contributed by atoms with Gasteiger partial charge >= 0.3 is 0 Å². The molecule has 2 unspecified atom stereocenters. The van der Waals surface area contributed by atoms with Gasteiger partial charge in [0.2, 0.25) is 0 Å². The van der Waals surface area contributed by atoms with Crippen molar-refractivity contribution in [1.82, 2.24) is 0 Å². The zero-order valence-electron chi connectivity index (χ0n) is 9.08. The highest BCUT2D eigenvalue weighted by atomic mass is 16.4. The maximum absolute atomic E-state index is 9.30. The first-order valence-electron chi connectivity index (χ1n) is 6.17. The first-order valence-corrected chi connectivity index (χ1v) is 6.17. The largest absolute Gasteiger partial charge is 0.411 e. The summed E-state index contributed by atoms with van der Waals surface area (Å²) in [4.78, 5) is 0. The van der Waals surface area contributed by atoms with Crippen LogP contribution in [0, 0.1) is 29.6 Å². The van der Waals surface area contributed by atoms with Gasteiger partial charge in [-0.3, -0.25) is 0 Å². The molecule has 2 nitrogen and oxygen atoms in total. The Hall–Kier alpha value is -1.31. The Labute approximate surface area is 95.0 Å². The number of oxime groups is 1. The first kappa shape index (κ1) is 8.80. The third-order valence-corrected chi connectivity index (χ3v) is 4.96. The fourth-order valence-corrected chi connectivity index (χ4v) is 4.41. The van der Waals surface area contributed by atoms with Gasteiger partial charge < -0.3 is 5.21 Å². The van der Waals surface area contributed by atoms with Crippen LogP contribution in [0.25, 0.3) is 0 Å². The van der Waals surface area contributed by atoms with Crippen molar-refractivity contribution in [3.63, 3.8) is 0 Å². The second kappa shape index (κ2) is 2.88. The van der Waals surface area contributed by atoms with E-state index in [1.807, 2.05) is 18.2 Å². The van der Waals surface area contributed by atoms with Gasteiger partial charge in [0.15, 0.2) is 0 Å². The SMILES string of the molecule is O/N=C(/c1ccccc1)[C@H]1C2C[C@@H]3C1[C@@H]3C2. The molecular weight excluding hydrogens is 198 g/mol. The summed E-state index contributed by atoms with van der Waals surface area (Å²) in [5.74, 6) is 4.12. The van der Waals surface area contributed by atoms with E-state index >= 15 is 0 Å². The van der Waals surface area contributed by atoms with Crippen molar-refractivity contribution in [2.24, 2.45) is 34.7 Å². The highest BCUT2D eigenvalue weighted by Crippen LogP contribution is 2.73. The zero-order chi connectivity index (χ0) is 10.7. The molecule has 1 N–H and O–H groups in total. The van der Waals surface area contributed by atoms with E-state index in [9.17, 15) is 5.21 Å². The molecule has 0 radical (unpaired) electrons. The monoisotopic (exact) mass is 213 g/mol. The van der Waals surface area contributed by atoms with Gasteiger partial charge in [-0.15, -0.1) is 0 Å². The molecular formula is C14H15NO. The summed E-state index contributed by atoms with van der Waals surface area (Å²) in [6.07, 6.45) is 2.76. The molecule has 4 fully saturated rings. The van der Waals surface area contributed by atoms with E-state index in [-0.39, 0.29) is 0 Å². The topological polar surface area (TPSA) is 32.6 Å². The Bertz CT molecular complexity index is 439. The average molecular weight is 213 g/mol. The summed E-state index contributed by atoms with van der Waals surface area (Å²) in [6, 6.07) is 10.2. The van der Waals surface area contributed by atoms with E-state index < -0.39 is 0 Å². The summed E-state index contributed by atoms with van der Waals surface area (Å²) in [6.45, 7) is 0. The molecule has 1 aromatic rings. The number of hydrogen-bond donors (Lipinski definition) is 1. The molecule has 82 valence electrons. The minimum Gasteiger partial charge on any atom is -0.411 e. The van der Waals surface area contributed by atoms with Gasteiger partial charge in [-0.25, -0.2) is 0 Å². The summed E-state index contributed by atoms with van der Waals surface area (Å²) in [5.41, 5.74) is 2.05. The molecule has 16 heavy (non-hydrogen) atoms. The van der Waals surface area contributed by atoms with Gasteiger partial charge in [-0.05, 0) is 42.1 Å². The molecule has 0 aliphatic heterocycles. The Morgan fingerprint density at radius 2 is 1.81 bits per heavy atom. The Balaban J connectivity index is 1.72. The van der Waals surface area contributed by atoms with Crippen molar-refractivity contribution >= 4 is 5.71 Å². The van der Waals surface area contributed by atoms with Gasteiger partial charge in [-0.2, -0.15) is 0 Å². The molecule has 1 aromatic carbocycles. The Kier molecular flexibility index (Phi) is 1.58. The smallest absolute Gasteiger partial charge is 0.0904 e. The molecule has 4 aliphatic carbocycles. The molecule has 2 heteroatoms. The third kappa shape index (κ3) is 0.952. The quantitative estimate of drug-likeness (QED) is 0.457. The predicted molar refractivity (Wildman–Crippen MR) is 61.4 cm³/mol. The highest BCUT2D eigenvalue weighted by Gasteiger charge is 2.69. The van der Waals surface area contributed by atoms with Gasteiger partial charge in [0.25, 0.3) is 0 Å². The Morgan fingerprint density at radius 3 is 2.31 bits per heavy atom. The van der Waals surface area contributed by atoms with E-state index in [0.717, 1.165) is 34.9 Å². The third-order valence-electron chi connectivity index (χ3n) is 4.96. The van der Waals surface area contributed by atoms with Crippen molar-refractivity contribution in [1.29, 1.82) is 0 Å². The van der Waals surface area contributed by atoms with Crippen molar-refractivity contribution in [2.45, 2.75) is 12.8 Å². The van der Waals surface area contributed by atoms with Crippen LogP contribution in [-0.4, -0.2) is 10.9 Å². The molecule has 5 rings (SSSR count). The van der Waals surface area contributed by atoms with Crippen LogP contribution in [0.5, 0.6) is 0 Å². The highest BCUT2D eigenvalue weighted by molar-refractivity contribution is 6.03. The van der Waals surface area contributed by atoms with E-state index in [1.54, 1.807) is 0 Å². The Morgan fingerprint density at radius 1 is 1.12 bits per heavy atom. The first-order chi connectivity index (χ1) is 7.90. The minimum atomic E-state index is 0.544. The number of hydrogen-bond acceptors (Lipinski definition) is 2. The second-order valence-corrected chi connectivity index (χ2v) is 5.51. The fraction of sp³-hybridized carbons (Fsp3) is 0.500. The zero-order valence-corrected chi connectivity index (χ0v) is 9.08. The normalized spacial score (nSPS) is 43.8. The van der Waals surface area contributed by atoms with Crippen LogP contribution in [0.15, 0.2) is 35.5 Å². The van der Waals surface area contributed by atoms with E-state index in [1.165, 1.54) is 12.8 Å². The van der Waals surface area contributed by atoms with Crippen molar-refractivity contribution in [2.75, 3.05) is 0 Å². The predicted octanol–water partition coefficient (Wildman–Crippen LogP) is 2.77. The summed E-state index contributed by atoms with van der Waals surface area (Å²) in [5, 5.41) is 12.9. The van der Waals surface area contributed by atoms with E-state index in [2.05, 4.69) is 17.3 Å². The molecule has 4 aliphatic rings. The van der Waals surface area contributed by atoms with Gasteiger partial charge in [0.05, 0.1) is 5.71 Å². The molecule has 5 atom stereocenters. The van der Waals surface area contributed by atoms with Gasteiger partial charge in [-0.1, -0.05) is 35.5 Å². The number of rotatable bonds is 2. The van der Waals surface area contributed by atoms with Gasteiger partial charge in [0.1, 0.15) is 0 Å². The van der Waals surface area contributed by atoms with Gasteiger partial charge in [0, 0.05) is 5.92 Å². The number of nitrogens with zero attached hydrogens (tertiary/aromatic N) is 1. The summed E-state index contributed by atoms with van der Waals surface area (Å²) in [7, 11) is 0. The fourth-order valence-electron chi connectivity index (χ4n) is 4.41. The van der Waals surface area contributed by atoms with Crippen LogP contribution in [0.1, 0.15) is 18.4 Å². The molecule has 0 amide bonds. The lowest BCUT2D eigenvalue weighted by Gasteiger charge is -2.16. The summed E-state index contributed by atoms with van der Waals surface area (Å²) < 4.78 is 0. The number of benzene rings is 1. The van der Waals surface area contributed by atoms with Crippen LogP contribution in [0.3, 0.4) is 0 Å². The van der Waals surface area contributed by atoms with Crippen LogP contribution < -0.4 is 0 Å². The van der Waals surface area contributed by atoms with Crippen LogP contribution in [0.4, 0.5) is 0 Å². The molecule has 0 spiro atoms. The maximum atomic E-state index is 9.30. The minimum absolute atomic E-state index is 0.544. The summed E-state index contributed by atoms with van der Waals surface area (Å²) >= 11 is 0. The standard InChI is InChI=1S/C14H15NO/c16-15-14(8-4-2-1-3-5-8)12-9-6-10-11(7-9)13(10)12/h1-5,9-13,16H,6-7H2/b15-14-/t9?,10-,11+,12-,13?/m0/s1. The molecule has 0 saturated heterocycles. The molecule has 0 aromatic heterocycles. The van der Waals surface area contributed by atoms with Crippen LogP contribution in [-0.2, 0) is 0 Å². The second-order valence-electron chi connectivity index (χ2n) is 5.51. The van der Waals surface area contributed by atoms with Crippen LogP contribution >= 0.6 is 0 Å². The molecule has 4 saturated carbocycles. The van der Waals surface area contributed by atoms with E-state index in [0.29, 0.717) is 5.92 Å². The van der Waals surface area contributed by atoms with Crippen molar-refractivity contribution < 1.29 is 5.21 Å². The average Bonchev–Trinajstić information content (AvgIpc) is 2.76. The van der Waals surface area contributed by atoms with Crippen molar-refractivity contribution in [3.05, 3.63) is 35.9 Å². The van der Waals surface area contributed by atoms with E-state index in [4.69, 9.17) is 0 Å². The maximum Gasteiger partial charge on any atom is 0.0904 e. The lowest BCUT2D eigenvalue weighted by molar-refractivity contribution is 0.312. The molecule has 0 heterocycles.